The molecular formula is C19H34O3Si2. The molecule has 1 fully saturated rings. The van der Waals surface area contributed by atoms with Gasteiger partial charge in [0, 0.05) is 13.5 Å². The third-order valence-corrected chi connectivity index (χ3v) is 6.04. The Morgan fingerprint density at radius 1 is 1.29 bits per heavy atom. The first-order valence-electron chi connectivity index (χ1n) is 8.85. The van der Waals surface area contributed by atoms with Crippen LogP contribution < -0.4 is 0 Å². The molecule has 1 aliphatic carbocycles. The molecule has 24 heavy (non-hydrogen) atoms. The molecule has 2 unspecified atom stereocenters. The smallest absolute Gasteiger partial charge is 0.185 e. The molecule has 0 amide bonds. The van der Waals surface area contributed by atoms with E-state index >= 15 is 0 Å². The van der Waals surface area contributed by atoms with Gasteiger partial charge in [-0.3, -0.25) is 4.79 Å². The highest BCUT2D eigenvalue weighted by Crippen LogP contribution is 2.45. The van der Waals surface area contributed by atoms with Crippen LogP contribution in [0.1, 0.15) is 32.1 Å². The summed E-state index contributed by atoms with van der Waals surface area (Å²) in [4.78, 5) is 13.0. The van der Waals surface area contributed by atoms with Gasteiger partial charge in [-0.25, -0.2) is 0 Å². The Kier molecular flexibility index (Phi) is 6.85. The van der Waals surface area contributed by atoms with Gasteiger partial charge in [-0.1, -0.05) is 31.6 Å². The number of hydrogen-bond donors (Lipinski definition) is 0. The van der Waals surface area contributed by atoms with Crippen molar-refractivity contribution >= 4 is 22.2 Å². The number of ketones is 1. The molecule has 0 aromatic carbocycles. The lowest BCUT2D eigenvalue weighted by molar-refractivity contribution is -0.158. The van der Waals surface area contributed by atoms with Crippen LogP contribution in [0.2, 0.25) is 39.3 Å². The molecule has 1 saturated carbocycles. The predicted molar refractivity (Wildman–Crippen MR) is 106 cm³/mol. The average Bonchev–Trinajstić information content (AvgIpc) is 2.79. The zero-order valence-corrected chi connectivity index (χ0v) is 18.5. The Bertz CT molecular complexity index is 534. The highest BCUT2D eigenvalue weighted by atomic mass is 28.4. The predicted octanol–water partition coefficient (Wildman–Crippen LogP) is 4.56. The minimum Gasteiger partial charge on any atom is -0.402 e. The molecule has 2 atom stereocenters. The van der Waals surface area contributed by atoms with Crippen LogP contribution >= 0.6 is 0 Å². The average molecular weight is 367 g/mol. The van der Waals surface area contributed by atoms with Crippen molar-refractivity contribution in [3.05, 3.63) is 12.7 Å². The van der Waals surface area contributed by atoms with E-state index in [1.165, 1.54) is 0 Å². The quantitative estimate of drug-likeness (QED) is 0.376. The lowest BCUT2D eigenvalue weighted by Crippen LogP contribution is -2.62. The first-order valence-corrected chi connectivity index (χ1v) is 15.8. The molecule has 0 radical (unpaired) electrons. The molecule has 136 valence electrons. The van der Waals surface area contributed by atoms with Gasteiger partial charge in [0.1, 0.15) is 8.07 Å². The van der Waals surface area contributed by atoms with Crippen LogP contribution in [0.25, 0.3) is 0 Å². The first-order chi connectivity index (χ1) is 10.9. The lowest BCUT2D eigenvalue weighted by Gasteiger charge is -2.46. The number of hydrogen-bond acceptors (Lipinski definition) is 3. The van der Waals surface area contributed by atoms with Gasteiger partial charge >= 0.3 is 0 Å². The number of carbonyl (C=O) groups excluding carboxylic acids is 1. The lowest BCUT2D eigenvalue weighted by atomic mass is 9.77. The molecule has 0 bridgehead atoms. The summed E-state index contributed by atoms with van der Waals surface area (Å²) in [6, 6.07) is 0. The maximum absolute atomic E-state index is 13.0. The Balaban J connectivity index is 3.52. The molecule has 0 N–H and O–H groups in total. The van der Waals surface area contributed by atoms with Crippen LogP contribution in [0.3, 0.4) is 0 Å². The van der Waals surface area contributed by atoms with Crippen molar-refractivity contribution in [2.24, 2.45) is 0 Å². The van der Waals surface area contributed by atoms with Crippen molar-refractivity contribution in [3.63, 3.8) is 0 Å². The van der Waals surface area contributed by atoms with E-state index in [-0.39, 0.29) is 5.78 Å². The molecule has 0 aromatic rings. The summed E-state index contributed by atoms with van der Waals surface area (Å²) in [7, 11) is -1.90. The van der Waals surface area contributed by atoms with E-state index < -0.39 is 27.6 Å². The Morgan fingerprint density at radius 3 is 2.29 bits per heavy atom. The van der Waals surface area contributed by atoms with Crippen molar-refractivity contribution in [1.82, 2.24) is 0 Å². The van der Waals surface area contributed by atoms with E-state index in [1.807, 2.05) is 6.08 Å². The fraction of sp³-hybridized carbons (Fsp3) is 0.737. The molecular weight excluding hydrogens is 332 g/mol. The van der Waals surface area contributed by atoms with Gasteiger partial charge in [0.2, 0.25) is 0 Å². The van der Waals surface area contributed by atoms with Crippen LogP contribution in [-0.2, 0) is 14.0 Å². The highest BCUT2D eigenvalue weighted by Gasteiger charge is 2.60. The third-order valence-electron chi connectivity index (χ3n) is 4.20. The summed E-state index contributed by atoms with van der Waals surface area (Å²) >= 11 is 0. The van der Waals surface area contributed by atoms with Crippen LogP contribution in [-0.4, -0.2) is 40.5 Å². The minimum absolute atomic E-state index is 0.153. The third kappa shape index (κ3) is 4.92. The van der Waals surface area contributed by atoms with Gasteiger partial charge in [-0.2, -0.15) is 0 Å². The van der Waals surface area contributed by atoms with Gasteiger partial charge in [-0.15, -0.1) is 12.1 Å². The monoisotopic (exact) mass is 366 g/mol. The first kappa shape index (κ1) is 21.4. The number of allylic oxidation sites excluding steroid dienone is 1. The number of Topliss-reactive ketones (excluding diaryl/α,β-unsaturated/α-hetero) is 1. The number of carbonyl (C=O) groups is 1. The summed E-state index contributed by atoms with van der Waals surface area (Å²) in [6.45, 7) is 16.8. The molecule has 3 nitrogen and oxygen atoms in total. The van der Waals surface area contributed by atoms with E-state index in [4.69, 9.17) is 9.16 Å². The van der Waals surface area contributed by atoms with E-state index in [0.29, 0.717) is 19.3 Å². The summed E-state index contributed by atoms with van der Waals surface area (Å²) in [6.07, 6.45) is 5.35. The van der Waals surface area contributed by atoms with E-state index in [0.717, 1.165) is 12.8 Å². The van der Waals surface area contributed by atoms with Gasteiger partial charge in [0.15, 0.2) is 25.3 Å². The van der Waals surface area contributed by atoms with Gasteiger partial charge < -0.3 is 9.16 Å². The normalized spacial score (nSPS) is 24.2. The molecule has 0 spiro atoms. The molecule has 0 saturated heterocycles. The van der Waals surface area contributed by atoms with Crippen molar-refractivity contribution in [3.8, 4) is 11.5 Å². The second-order valence-electron chi connectivity index (χ2n) is 8.68. The van der Waals surface area contributed by atoms with Crippen LogP contribution in [0.5, 0.6) is 0 Å². The summed E-state index contributed by atoms with van der Waals surface area (Å²) < 4.78 is 12.6. The summed E-state index contributed by atoms with van der Waals surface area (Å²) in [5.74, 6) is 3.57. The summed E-state index contributed by atoms with van der Waals surface area (Å²) in [5, 5.41) is 0. The van der Waals surface area contributed by atoms with Crippen molar-refractivity contribution in [2.75, 3.05) is 7.11 Å². The number of rotatable bonds is 7. The van der Waals surface area contributed by atoms with Crippen LogP contribution in [0.15, 0.2) is 12.7 Å². The number of methoxy groups -OCH3 is 1. The zero-order valence-electron chi connectivity index (χ0n) is 16.5. The summed E-state index contributed by atoms with van der Waals surface area (Å²) in [5.41, 5.74) is 1.64. The Labute approximate surface area is 150 Å². The zero-order chi connectivity index (χ0) is 18.6. The van der Waals surface area contributed by atoms with Crippen LogP contribution in [0, 0.1) is 11.5 Å². The van der Waals surface area contributed by atoms with E-state index in [1.54, 1.807) is 7.11 Å². The second-order valence-corrected chi connectivity index (χ2v) is 17.9. The van der Waals surface area contributed by atoms with Crippen LogP contribution in [0.4, 0.5) is 0 Å². The maximum Gasteiger partial charge on any atom is 0.185 e. The molecule has 0 aliphatic heterocycles. The molecule has 0 aromatic heterocycles. The molecule has 1 aliphatic rings. The second kappa shape index (κ2) is 7.69. The maximum atomic E-state index is 13.0. The standard InChI is InChI=1S/C19H34O3Si2/c1-9-10-13-18(21-2,15-16-23(3,4)5)19(22-24(6,7)8)14-11-12-17(19)20/h9H,1,10-14H2,2-8H3. The van der Waals surface area contributed by atoms with Gasteiger partial charge in [-0.05, 0) is 45.3 Å². The molecule has 0 heterocycles. The Morgan fingerprint density at radius 2 is 1.92 bits per heavy atom. The highest BCUT2D eigenvalue weighted by molar-refractivity contribution is 6.83. The fourth-order valence-electron chi connectivity index (χ4n) is 3.26. The topological polar surface area (TPSA) is 35.5 Å². The minimum atomic E-state index is -1.96. The van der Waals surface area contributed by atoms with Crippen molar-refractivity contribution in [2.45, 2.75) is 82.6 Å². The number of ether oxygens (including phenoxy) is 1. The van der Waals surface area contributed by atoms with E-state index in [2.05, 4.69) is 57.3 Å². The largest absolute Gasteiger partial charge is 0.402 e. The molecule has 1 rings (SSSR count). The Hall–Kier alpha value is -0.676. The fourth-order valence-corrected chi connectivity index (χ4v) is 5.26. The van der Waals surface area contributed by atoms with Crippen molar-refractivity contribution in [1.29, 1.82) is 0 Å². The van der Waals surface area contributed by atoms with Gasteiger partial charge in [0.25, 0.3) is 0 Å². The SMILES string of the molecule is C=CCCC(C#C[Si](C)(C)C)(OC)C1(O[Si](C)(C)C)CCCC1=O. The molecule has 5 heteroatoms. The van der Waals surface area contributed by atoms with Crippen molar-refractivity contribution < 1.29 is 14.0 Å². The van der Waals surface area contributed by atoms with E-state index in [9.17, 15) is 4.79 Å². The van der Waals surface area contributed by atoms with Gasteiger partial charge in [0.05, 0.1) is 0 Å².